The molecule has 0 radical (unpaired) electrons. The van der Waals surface area contributed by atoms with Crippen molar-refractivity contribution in [3.05, 3.63) is 170 Å². The van der Waals surface area contributed by atoms with Crippen molar-refractivity contribution in [2.45, 2.75) is 187 Å². The first kappa shape index (κ1) is 62.8. The van der Waals surface area contributed by atoms with E-state index in [1.54, 1.807) is 0 Å². The van der Waals surface area contributed by atoms with Gasteiger partial charge in [-0.2, -0.15) is 0 Å². The van der Waals surface area contributed by atoms with E-state index in [0.717, 1.165) is 77.0 Å². The van der Waals surface area contributed by atoms with Crippen LogP contribution in [0.5, 0.6) is 0 Å². The molecule has 0 bridgehead atoms. The molecule has 0 N–H and O–H groups in total. The second-order valence-electron chi connectivity index (χ2n) is 16.7. The van der Waals surface area contributed by atoms with Crippen molar-refractivity contribution >= 4 is 17.9 Å². The number of rotatable bonds is 44. The molecule has 0 aliphatic carbocycles. The summed E-state index contributed by atoms with van der Waals surface area (Å²) in [6.07, 6.45) is 80.4. The van der Waals surface area contributed by atoms with Crippen LogP contribution in [0.25, 0.3) is 0 Å². The van der Waals surface area contributed by atoms with E-state index in [1.807, 2.05) is 122 Å². The Bertz CT molecular complexity index is 1640. The van der Waals surface area contributed by atoms with Gasteiger partial charge in [0.15, 0.2) is 6.10 Å². The zero-order chi connectivity index (χ0) is 49.3. The van der Waals surface area contributed by atoms with Gasteiger partial charge in [0, 0.05) is 19.3 Å². The van der Waals surface area contributed by atoms with Crippen molar-refractivity contribution in [2.75, 3.05) is 13.2 Å². The summed E-state index contributed by atoms with van der Waals surface area (Å²) < 4.78 is 16.7. The summed E-state index contributed by atoms with van der Waals surface area (Å²) in [5.41, 5.74) is 0. The molecule has 1 unspecified atom stereocenters. The van der Waals surface area contributed by atoms with E-state index in [1.165, 1.54) is 44.9 Å². The Hall–Kier alpha value is -5.23. The van der Waals surface area contributed by atoms with E-state index in [0.29, 0.717) is 19.3 Å². The molecule has 0 fully saturated rings. The Morgan fingerprint density at radius 3 is 0.912 bits per heavy atom. The van der Waals surface area contributed by atoms with Gasteiger partial charge in [0.1, 0.15) is 13.2 Å². The predicted molar refractivity (Wildman–Crippen MR) is 292 cm³/mol. The second-order valence-corrected chi connectivity index (χ2v) is 16.7. The Balaban J connectivity index is 4.66. The molecule has 0 aliphatic rings. The van der Waals surface area contributed by atoms with Gasteiger partial charge >= 0.3 is 17.9 Å². The maximum Gasteiger partial charge on any atom is 0.306 e. The van der Waals surface area contributed by atoms with Crippen LogP contribution in [0.15, 0.2) is 170 Å². The van der Waals surface area contributed by atoms with Crippen LogP contribution in [0.3, 0.4) is 0 Å². The van der Waals surface area contributed by atoms with E-state index < -0.39 is 6.10 Å². The number of allylic oxidation sites excluding steroid dienone is 28. The summed E-state index contributed by atoms with van der Waals surface area (Å²) in [4.78, 5) is 38.0. The standard InChI is InChI=1S/C62H92O6/c1-4-7-10-13-16-19-22-25-28-30-31-32-35-37-40-43-46-49-52-55-61(64)67-58-59(57-66-60(63)54-51-48-45-42-39-36-33-27-24-21-18-15-12-9-6-3)68-62(65)56-53-50-47-44-41-38-34-29-26-23-20-17-14-11-8-5-2/h7,9-10,12-13,15-16,18-19,21-22,24-25,27-41,59H,4-6,8,11,14,17,20,23,26,42-58H2,1-3H3/b10-7-,12-9-,16-13-,18-15-,22-19-,24-21-,28-25-,31-30+,33-27-,34-29-,35-32-,39-36-,40-37-,41-38-. The minimum absolute atomic E-state index is 0.135. The lowest BCUT2D eigenvalue weighted by Crippen LogP contribution is -2.30. The molecule has 0 saturated heterocycles. The molecule has 68 heavy (non-hydrogen) atoms. The van der Waals surface area contributed by atoms with Gasteiger partial charge in [-0.25, -0.2) is 0 Å². The first-order chi connectivity index (χ1) is 33.5. The third-order valence-corrected chi connectivity index (χ3v) is 10.3. The van der Waals surface area contributed by atoms with Crippen LogP contribution in [0.4, 0.5) is 0 Å². The lowest BCUT2D eigenvalue weighted by Gasteiger charge is -2.18. The SMILES string of the molecule is CC\C=C/C=C\C=C/C=C\C=C/CCCCCC(=O)OCC(COC(=O)CCCCC\C=C/C=C\C=C\C=C/C=C\C=C/C=C\CC)OC(=O)CCCCC/C=C\C=C/CCCCCCCCC. The molecule has 6 heteroatoms. The van der Waals surface area contributed by atoms with Crippen LogP contribution < -0.4 is 0 Å². The molecule has 0 aromatic heterocycles. The Labute approximate surface area is 415 Å². The van der Waals surface area contributed by atoms with Crippen LogP contribution in [0.1, 0.15) is 181 Å². The van der Waals surface area contributed by atoms with Crippen LogP contribution in [0, 0.1) is 0 Å². The first-order valence-corrected chi connectivity index (χ1v) is 26.3. The largest absolute Gasteiger partial charge is 0.462 e. The molecule has 0 spiro atoms. The predicted octanol–water partition coefficient (Wildman–Crippen LogP) is 17.6. The summed E-state index contributed by atoms with van der Waals surface area (Å²) in [5, 5.41) is 0. The summed E-state index contributed by atoms with van der Waals surface area (Å²) in [6.45, 7) is 6.21. The number of carbonyl (C=O) groups is 3. The lowest BCUT2D eigenvalue weighted by atomic mass is 10.1. The number of carbonyl (C=O) groups excluding carboxylic acids is 3. The number of hydrogen-bond acceptors (Lipinski definition) is 6. The monoisotopic (exact) mass is 933 g/mol. The third-order valence-electron chi connectivity index (χ3n) is 10.3. The molecule has 6 nitrogen and oxygen atoms in total. The van der Waals surface area contributed by atoms with Crippen LogP contribution in [0.2, 0.25) is 0 Å². The minimum atomic E-state index is -0.838. The normalized spacial score (nSPS) is 13.5. The number of ether oxygens (including phenoxy) is 3. The van der Waals surface area contributed by atoms with E-state index in [-0.39, 0.29) is 50.4 Å². The molecule has 1 atom stereocenters. The molecule has 0 saturated carbocycles. The average molecular weight is 933 g/mol. The Morgan fingerprint density at radius 2 is 0.574 bits per heavy atom. The fraction of sp³-hybridized carbons (Fsp3) is 0.500. The van der Waals surface area contributed by atoms with Crippen LogP contribution in [-0.2, 0) is 28.6 Å². The maximum absolute atomic E-state index is 12.8. The molecule has 376 valence electrons. The Kier molecular flexibility index (Phi) is 50.2. The topological polar surface area (TPSA) is 78.9 Å². The first-order valence-electron chi connectivity index (χ1n) is 26.3. The zero-order valence-electron chi connectivity index (χ0n) is 42.8. The zero-order valence-corrected chi connectivity index (χ0v) is 42.8. The summed E-state index contributed by atoms with van der Waals surface area (Å²) in [6, 6.07) is 0. The molecular formula is C62H92O6. The summed E-state index contributed by atoms with van der Waals surface area (Å²) >= 11 is 0. The maximum atomic E-state index is 12.8. The van der Waals surface area contributed by atoms with E-state index in [2.05, 4.69) is 69.4 Å². The highest BCUT2D eigenvalue weighted by Gasteiger charge is 2.19. The van der Waals surface area contributed by atoms with Gasteiger partial charge in [0.25, 0.3) is 0 Å². The molecule has 0 heterocycles. The average Bonchev–Trinajstić information content (AvgIpc) is 3.34. The van der Waals surface area contributed by atoms with Crippen molar-refractivity contribution in [2.24, 2.45) is 0 Å². The molecule has 0 aliphatic heterocycles. The fourth-order valence-corrected chi connectivity index (χ4v) is 6.38. The molecule has 0 aromatic carbocycles. The lowest BCUT2D eigenvalue weighted by molar-refractivity contribution is -0.167. The number of esters is 3. The molecule has 0 rings (SSSR count). The van der Waals surface area contributed by atoms with Gasteiger partial charge in [-0.15, -0.1) is 0 Å². The second kappa shape index (κ2) is 54.4. The van der Waals surface area contributed by atoms with Crippen molar-refractivity contribution < 1.29 is 28.6 Å². The van der Waals surface area contributed by atoms with Gasteiger partial charge in [-0.3, -0.25) is 14.4 Å². The quantitative estimate of drug-likeness (QED) is 0.0262. The molecule has 0 amide bonds. The highest BCUT2D eigenvalue weighted by atomic mass is 16.6. The highest BCUT2D eigenvalue weighted by Crippen LogP contribution is 2.12. The van der Waals surface area contributed by atoms with Crippen LogP contribution in [-0.4, -0.2) is 37.2 Å². The van der Waals surface area contributed by atoms with E-state index in [4.69, 9.17) is 14.2 Å². The van der Waals surface area contributed by atoms with Gasteiger partial charge < -0.3 is 14.2 Å². The summed E-state index contributed by atoms with van der Waals surface area (Å²) in [7, 11) is 0. The van der Waals surface area contributed by atoms with Crippen molar-refractivity contribution in [1.82, 2.24) is 0 Å². The smallest absolute Gasteiger partial charge is 0.306 e. The molecular weight excluding hydrogens is 841 g/mol. The summed E-state index contributed by atoms with van der Waals surface area (Å²) in [5.74, 6) is -1.06. The van der Waals surface area contributed by atoms with Gasteiger partial charge in [0.2, 0.25) is 0 Å². The third kappa shape index (κ3) is 51.7. The van der Waals surface area contributed by atoms with Gasteiger partial charge in [-0.1, -0.05) is 249 Å². The van der Waals surface area contributed by atoms with Crippen LogP contribution >= 0.6 is 0 Å². The number of hydrogen-bond donors (Lipinski definition) is 0. The Morgan fingerprint density at radius 1 is 0.309 bits per heavy atom. The molecule has 0 aromatic rings. The minimum Gasteiger partial charge on any atom is -0.462 e. The van der Waals surface area contributed by atoms with Gasteiger partial charge in [-0.05, 0) is 83.5 Å². The fourth-order valence-electron chi connectivity index (χ4n) is 6.38. The highest BCUT2D eigenvalue weighted by molar-refractivity contribution is 5.71. The number of unbranched alkanes of at least 4 members (excludes halogenated alkanes) is 16. The van der Waals surface area contributed by atoms with E-state index in [9.17, 15) is 14.4 Å². The van der Waals surface area contributed by atoms with E-state index >= 15 is 0 Å². The van der Waals surface area contributed by atoms with Crippen molar-refractivity contribution in [3.8, 4) is 0 Å². The van der Waals surface area contributed by atoms with Crippen molar-refractivity contribution in [3.63, 3.8) is 0 Å². The van der Waals surface area contributed by atoms with Crippen molar-refractivity contribution in [1.29, 1.82) is 0 Å². The van der Waals surface area contributed by atoms with Gasteiger partial charge in [0.05, 0.1) is 0 Å².